The highest BCUT2D eigenvalue weighted by Gasteiger charge is 2.31. The van der Waals surface area contributed by atoms with Crippen molar-refractivity contribution in [3.8, 4) is 0 Å². The van der Waals surface area contributed by atoms with E-state index in [0.29, 0.717) is 37.5 Å². The van der Waals surface area contributed by atoms with Gasteiger partial charge in [0.25, 0.3) is 5.91 Å². The molecule has 2 heterocycles. The molecule has 2 amide bonds. The summed E-state index contributed by atoms with van der Waals surface area (Å²) in [5.74, 6) is -0.00523. The predicted octanol–water partition coefficient (Wildman–Crippen LogP) is 2.07. The molecule has 1 saturated heterocycles. The first kappa shape index (κ1) is 23.9. The molecule has 8 heteroatoms. The number of carbonyl (C=O) groups excluding carboxylic acids is 2. The quantitative estimate of drug-likeness (QED) is 0.742. The lowest BCUT2D eigenvalue weighted by molar-refractivity contribution is -0.132. The molecule has 3 N–H and O–H groups in total. The monoisotopic (exact) mass is 424 g/mol. The number of halogens is 2. The first-order valence-corrected chi connectivity index (χ1v) is 8.91. The van der Waals surface area contributed by atoms with Gasteiger partial charge in [0.05, 0.1) is 5.56 Å². The number of amides is 2. The number of likely N-dealkylation sites (tertiary alicyclic amines) is 1. The van der Waals surface area contributed by atoms with Crippen molar-refractivity contribution in [3.63, 3.8) is 0 Å². The molecular weight excluding hydrogens is 399 g/mol. The van der Waals surface area contributed by atoms with Crippen LogP contribution in [-0.2, 0) is 11.2 Å². The lowest BCUT2D eigenvalue weighted by atomic mass is 10.0. The average molecular weight is 425 g/mol. The van der Waals surface area contributed by atoms with Gasteiger partial charge < -0.3 is 16.0 Å². The van der Waals surface area contributed by atoms with Crippen molar-refractivity contribution in [2.75, 3.05) is 19.6 Å². The fraction of sp³-hybridized carbons (Fsp3) is 0.350. The molecule has 1 aromatic carbocycles. The second kappa shape index (κ2) is 11.6. The average Bonchev–Trinajstić information content (AvgIpc) is 3.17. The summed E-state index contributed by atoms with van der Waals surface area (Å²) in [6.45, 7) is 1.92. The molecule has 1 aliphatic rings. The van der Waals surface area contributed by atoms with Crippen LogP contribution in [0.25, 0.3) is 0 Å². The highest BCUT2D eigenvalue weighted by molar-refractivity contribution is 5.97. The van der Waals surface area contributed by atoms with Gasteiger partial charge in [-0.25, -0.2) is 0 Å². The third kappa shape index (κ3) is 6.19. The van der Waals surface area contributed by atoms with E-state index in [1.807, 2.05) is 35.2 Å². The molecule has 0 spiro atoms. The Hall–Kier alpha value is -2.15. The Balaban J connectivity index is 0.00000196. The fourth-order valence-corrected chi connectivity index (χ4v) is 3.23. The van der Waals surface area contributed by atoms with Crippen LogP contribution in [0.4, 0.5) is 0 Å². The third-order valence-electron chi connectivity index (χ3n) is 4.74. The van der Waals surface area contributed by atoms with E-state index in [1.54, 1.807) is 18.3 Å². The van der Waals surface area contributed by atoms with E-state index in [4.69, 9.17) is 5.73 Å². The first-order valence-electron chi connectivity index (χ1n) is 8.91. The van der Waals surface area contributed by atoms with Crippen molar-refractivity contribution in [3.05, 3.63) is 66.0 Å². The maximum atomic E-state index is 13.0. The van der Waals surface area contributed by atoms with Gasteiger partial charge in [0.2, 0.25) is 5.91 Å². The standard InChI is InChI=1S/C20H24N4O2.2ClH/c21-12-16-8-10-24(14-16)20(26)18(11-15-5-2-1-3-6-15)23-19(25)17-7-4-9-22-13-17;;/h1-7,9,13,16,18H,8,10-12,14,21H2,(H,23,25);2*1H. The second-order valence-electron chi connectivity index (χ2n) is 6.63. The topological polar surface area (TPSA) is 88.3 Å². The van der Waals surface area contributed by atoms with Crippen molar-refractivity contribution in [1.29, 1.82) is 0 Å². The normalized spacial score (nSPS) is 16.5. The number of nitrogens with one attached hydrogen (secondary N) is 1. The zero-order valence-electron chi connectivity index (χ0n) is 15.5. The SMILES string of the molecule is Cl.Cl.NCC1CCN(C(=O)C(Cc2ccccc2)NC(=O)c2cccnc2)C1. The van der Waals surface area contributed by atoms with Crippen LogP contribution in [0.5, 0.6) is 0 Å². The Bertz CT molecular complexity index is 746. The molecule has 1 aliphatic heterocycles. The number of nitrogens with zero attached hydrogens (tertiary/aromatic N) is 2. The Morgan fingerprint density at radius 3 is 2.54 bits per heavy atom. The first-order chi connectivity index (χ1) is 12.7. The lowest BCUT2D eigenvalue weighted by Crippen LogP contribution is -2.49. The number of benzene rings is 1. The highest BCUT2D eigenvalue weighted by atomic mass is 35.5. The summed E-state index contributed by atoms with van der Waals surface area (Å²) < 4.78 is 0. The van der Waals surface area contributed by atoms with E-state index >= 15 is 0 Å². The van der Waals surface area contributed by atoms with E-state index in [1.165, 1.54) is 6.20 Å². The van der Waals surface area contributed by atoms with E-state index < -0.39 is 6.04 Å². The van der Waals surface area contributed by atoms with Gasteiger partial charge in [-0.15, -0.1) is 24.8 Å². The van der Waals surface area contributed by atoms with Gasteiger partial charge in [-0.2, -0.15) is 0 Å². The summed E-state index contributed by atoms with van der Waals surface area (Å²) in [7, 11) is 0. The Morgan fingerprint density at radius 1 is 1.18 bits per heavy atom. The van der Waals surface area contributed by atoms with E-state index in [2.05, 4.69) is 10.3 Å². The van der Waals surface area contributed by atoms with Gasteiger partial charge in [-0.3, -0.25) is 14.6 Å². The summed E-state index contributed by atoms with van der Waals surface area (Å²) in [6.07, 6.45) is 4.48. The zero-order valence-corrected chi connectivity index (χ0v) is 17.1. The van der Waals surface area contributed by atoms with E-state index in [9.17, 15) is 9.59 Å². The molecule has 0 radical (unpaired) electrons. The van der Waals surface area contributed by atoms with Crippen LogP contribution >= 0.6 is 24.8 Å². The second-order valence-corrected chi connectivity index (χ2v) is 6.63. The van der Waals surface area contributed by atoms with Crippen molar-refractivity contribution >= 4 is 36.6 Å². The minimum atomic E-state index is -0.610. The minimum absolute atomic E-state index is 0. The minimum Gasteiger partial charge on any atom is -0.341 e. The number of pyridine rings is 1. The van der Waals surface area contributed by atoms with Crippen LogP contribution in [0.1, 0.15) is 22.3 Å². The number of nitrogens with two attached hydrogens (primary N) is 1. The van der Waals surface area contributed by atoms with E-state index in [-0.39, 0.29) is 36.6 Å². The van der Waals surface area contributed by atoms with Crippen molar-refractivity contribution < 1.29 is 9.59 Å². The fourth-order valence-electron chi connectivity index (χ4n) is 3.23. The van der Waals surface area contributed by atoms with Gasteiger partial charge in [-0.05, 0) is 36.6 Å². The van der Waals surface area contributed by atoms with Crippen LogP contribution in [0, 0.1) is 5.92 Å². The van der Waals surface area contributed by atoms with Crippen LogP contribution in [0.3, 0.4) is 0 Å². The summed E-state index contributed by atoms with van der Waals surface area (Å²) >= 11 is 0. The van der Waals surface area contributed by atoms with Gasteiger partial charge >= 0.3 is 0 Å². The number of rotatable bonds is 6. The molecule has 1 aromatic heterocycles. The molecule has 0 saturated carbocycles. The number of aromatic nitrogens is 1. The molecule has 2 aromatic rings. The smallest absolute Gasteiger partial charge is 0.253 e. The Morgan fingerprint density at radius 2 is 1.93 bits per heavy atom. The van der Waals surface area contributed by atoms with Gasteiger partial charge in [0.1, 0.15) is 6.04 Å². The van der Waals surface area contributed by atoms with Crippen LogP contribution in [0.2, 0.25) is 0 Å². The molecule has 28 heavy (non-hydrogen) atoms. The number of carbonyl (C=O) groups is 2. The van der Waals surface area contributed by atoms with Gasteiger partial charge in [0.15, 0.2) is 0 Å². The van der Waals surface area contributed by atoms with Crippen LogP contribution in [-0.4, -0.2) is 47.4 Å². The van der Waals surface area contributed by atoms with Gasteiger partial charge in [0, 0.05) is 31.9 Å². The molecule has 0 aliphatic carbocycles. The largest absolute Gasteiger partial charge is 0.341 e. The molecule has 0 bridgehead atoms. The van der Waals surface area contributed by atoms with Crippen LogP contribution < -0.4 is 11.1 Å². The summed E-state index contributed by atoms with van der Waals surface area (Å²) in [5.41, 5.74) is 7.19. The summed E-state index contributed by atoms with van der Waals surface area (Å²) in [6, 6.07) is 12.5. The summed E-state index contributed by atoms with van der Waals surface area (Å²) in [5, 5.41) is 2.89. The van der Waals surface area contributed by atoms with Gasteiger partial charge in [-0.1, -0.05) is 30.3 Å². The van der Waals surface area contributed by atoms with Crippen LogP contribution in [0.15, 0.2) is 54.9 Å². The maximum absolute atomic E-state index is 13.0. The van der Waals surface area contributed by atoms with Crippen molar-refractivity contribution in [2.45, 2.75) is 18.9 Å². The Kier molecular flexibility index (Phi) is 9.93. The molecule has 2 unspecified atom stereocenters. The number of hydrogen-bond acceptors (Lipinski definition) is 4. The molecule has 152 valence electrons. The molecular formula is C20H26Cl2N4O2. The Labute approximate surface area is 177 Å². The number of hydrogen-bond donors (Lipinski definition) is 2. The molecule has 3 rings (SSSR count). The maximum Gasteiger partial charge on any atom is 0.253 e. The third-order valence-corrected chi connectivity index (χ3v) is 4.74. The molecule has 6 nitrogen and oxygen atoms in total. The highest BCUT2D eigenvalue weighted by Crippen LogP contribution is 2.17. The van der Waals surface area contributed by atoms with Crippen molar-refractivity contribution in [1.82, 2.24) is 15.2 Å². The van der Waals surface area contributed by atoms with E-state index in [0.717, 1.165) is 12.0 Å². The molecule has 2 atom stereocenters. The predicted molar refractivity (Wildman–Crippen MR) is 114 cm³/mol. The summed E-state index contributed by atoms with van der Waals surface area (Å²) in [4.78, 5) is 31.4. The molecule has 1 fully saturated rings. The lowest BCUT2D eigenvalue weighted by Gasteiger charge is -2.24. The van der Waals surface area contributed by atoms with Crippen molar-refractivity contribution in [2.24, 2.45) is 11.7 Å². The zero-order chi connectivity index (χ0) is 18.4.